The first kappa shape index (κ1) is 13.5. The van der Waals surface area contributed by atoms with E-state index in [9.17, 15) is 8.78 Å². The molecule has 0 bridgehead atoms. The molecule has 0 radical (unpaired) electrons. The SMILES string of the molecule is CN(Cc1cccs1)c1c(F)cc(CBr)cc1F. The van der Waals surface area contributed by atoms with Gasteiger partial charge in [0.1, 0.15) is 17.3 Å². The molecule has 0 fully saturated rings. The molecular weight excluding hydrogens is 320 g/mol. The van der Waals surface area contributed by atoms with Crippen LogP contribution in [0.5, 0.6) is 0 Å². The number of rotatable bonds is 4. The molecule has 2 rings (SSSR count). The molecule has 5 heteroatoms. The number of anilines is 1. The normalized spacial score (nSPS) is 10.7. The molecule has 1 heterocycles. The van der Waals surface area contributed by atoms with Crippen molar-refractivity contribution in [2.24, 2.45) is 0 Å². The lowest BCUT2D eigenvalue weighted by atomic mass is 10.2. The van der Waals surface area contributed by atoms with Gasteiger partial charge in [-0.3, -0.25) is 0 Å². The number of nitrogens with zero attached hydrogens (tertiary/aromatic N) is 1. The van der Waals surface area contributed by atoms with Crippen LogP contribution in [0.3, 0.4) is 0 Å². The molecule has 1 aromatic carbocycles. The van der Waals surface area contributed by atoms with Gasteiger partial charge in [-0.1, -0.05) is 22.0 Å². The second kappa shape index (κ2) is 5.80. The van der Waals surface area contributed by atoms with E-state index < -0.39 is 11.6 Å². The first-order valence-electron chi connectivity index (χ1n) is 5.39. The monoisotopic (exact) mass is 331 g/mol. The minimum Gasteiger partial charge on any atom is -0.365 e. The summed E-state index contributed by atoms with van der Waals surface area (Å²) in [5.41, 5.74) is 0.617. The van der Waals surface area contributed by atoms with Crippen LogP contribution in [-0.2, 0) is 11.9 Å². The summed E-state index contributed by atoms with van der Waals surface area (Å²) >= 11 is 4.76. The minimum atomic E-state index is -0.525. The highest BCUT2D eigenvalue weighted by molar-refractivity contribution is 9.08. The maximum absolute atomic E-state index is 13.9. The zero-order chi connectivity index (χ0) is 13.1. The molecule has 96 valence electrons. The van der Waals surface area contributed by atoms with Crippen LogP contribution in [0, 0.1) is 11.6 Å². The van der Waals surface area contributed by atoms with Gasteiger partial charge in [0.2, 0.25) is 0 Å². The second-order valence-corrected chi connectivity index (χ2v) is 5.57. The highest BCUT2D eigenvalue weighted by atomic mass is 79.9. The predicted octanol–water partition coefficient (Wildman–Crippen LogP) is 4.56. The molecule has 0 amide bonds. The molecular formula is C13H12BrF2NS. The van der Waals surface area contributed by atoms with Gasteiger partial charge in [-0.15, -0.1) is 11.3 Å². The van der Waals surface area contributed by atoms with Crippen LogP contribution >= 0.6 is 27.3 Å². The third kappa shape index (κ3) is 2.90. The summed E-state index contributed by atoms with van der Waals surface area (Å²) < 4.78 is 27.8. The van der Waals surface area contributed by atoms with Gasteiger partial charge in [0.25, 0.3) is 0 Å². The number of hydrogen-bond donors (Lipinski definition) is 0. The van der Waals surface area contributed by atoms with E-state index >= 15 is 0 Å². The Labute approximate surface area is 117 Å². The Bertz CT molecular complexity index is 505. The van der Waals surface area contributed by atoms with E-state index in [1.807, 2.05) is 17.5 Å². The molecule has 0 unspecified atom stereocenters. The quantitative estimate of drug-likeness (QED) is 0.742. The second-order valence-electron chi connectivity index (χ2n) is 3.98. The van der Waals surface area contributed by atoms with Gasteiger partial charge in [0.15, 0.2) is 0 Å². The fourth-order valence-electron chi connectivity index (χ4n) is 1.78. The van der Waals surface area contributed by atoms with Crippen LogP contribution in [0.4, 0.5) is 14.5 Å². The summed E-state index contributed by atoms with van der Waals surface area (Å²) in [7, 11) is 1.69. The van der Waals surface area contributed by atoms with Crippen molar-refractivity contribution in [3.05, 3.63) is 51.7 Å². The fraction of sp³-hybridized carbons (Fsp3) is 0.231. The molecule has 1 aromatic heterocycles. The Morgan fingerprint density at radius 2 is 1.94 bits per heavy atom. The summed E-state index contributed by atoms with van der Waals surface area (Å²) in [6, 6.07) is 6.59. The molecule has 2 aromatic rings. The Morgan fingerprint density at radius 1 is 1.28 bits per heavy atom. The third-order valence-electron chi connectivity index (χ3n) is 2.59. The number of hydrogen-bond acceptors (Lipinski definition) is 2. The third-order valence-corrected chi connectivity index (χ3v) is 4.09. The predicted molar refractivity (Wildman–Crippen MR) is 75.4 cm³/mol. The molecule has 0 N–H and O–H groups in total. The maximum atomic E-state index is 13.9. The first-order chi connectivity index (χ1) is 8.61. The van der Waals surface area contributed by atoms with Gasteiger partial charge < -0.3 is 4.90 Å². The van der Waals surface area contributed by atoms with Crippen molar-refractivity contribution >= 4 is 33.0 Å². The zero-order valence-corrected chi connectivity index (χ0v) is 12.2. The minimum absolute atomic E-state index is 0.0214. The van der Waals surface area contributed by atoms with Crippen LogP contribution in [0.25, 0.3) is 0 Å². The van der Waals surface area contributed by atoms with E-state index in [1.165, 1.54) is 12.1 Å². The van der Waals surface area contributed by atoms with Gasteiger partial charge in [0.05, 0.1) is 6.54 Å². The van der Waals surface area contributed by atoms with E-state index in [1.54, 1.807) is 23.3 Å². The van der Waals surface area contributed by atoms with Crippen LogP contribution < -0.4 is 4.90 Å². The molecule has 0 aliphatic carbocycles. The Morgan fingerprint density at radius 3 is 2.44 bits per heavy atom. The lowest BCUT2D eigenvalue weighted by Gasteiger charge is -2.20. The van der Waals surface area contributed by atoms with Crippen LogP contribution in [0.1, 0.15) is 10.4 Å². The molecule has 0 saturated carbocycles. The van der Waals surface area contributed by atoms with Crippen molar-refractivity contribution in [3.63, 3.8) is 0 Å². The standard InChI is InChI=1S/C13H12BrF2NS/c1-17(8-10-3-2-4-18-10)13-11(15)5-9(7-14)6-12(13)16/h2-6H,7-8H2,1H3. The molecule has 0 atom stereocenters. The van der Waals surface area contributed by atoms with Crippen molar-refractivity contribution in [2.45, 2.75) is 11.9 Å². The average molecular weight is 332 g/mol. The van der Waals surface area contributed by atoms with Gasteiger partial charge >= 0.3 is 0 Å². The molecule has 0 aliphatic heterocycles. The number of halogens is 3. The van der Waals surface area contributed by atoms with E-state index in [2.05, 4.69) is 15.9 Å². The lowest BCUT2D eigenvalue weighted by Crippen LogP contribution is -2.18. The van der Waals surface area contributed by atoms with E-state index in [0.717, 1.165) is 4.88 Å². The molecule has 0 aliphatic rings. The maximum Gasteiger partial charge on any atom is 0.149 e. The summed E-state index contributed by atoms with van der Waals surface area (Å²) in [6.07, 6.45) is 0. The van der Waals surface area contributed by atoms with Crippen molar-refractivity contribution in [1.29, 1.82) is 0 Å². The summed E-state index contributed by atoms with van der Waals surface area (Å²) in [4.78, 5) is 2.66. The average Bonchev–Trinajstić information content (AvgIpc) is 2.80. The number of benzene rings is 1. The van der Waals surface area contributed by atoms with Crippen LogP contribution in [0.15, 0.2) is 29.6 Å². The molecule has 0 saturated heterocycles. The summed E-state index contributed by atoms with van der Waals surface area (Å²) in [5.74, 6) is -1.05. The van der Waals surface area contributed by atoms with Crippen molar-refractivity contribution in [3.8, 4) is 0 Å². The lowest BCUT2D eigenvalue weighted by molar-refractivity contribution is 0.575. The highest BCUT2D eigenvalue weighted by Gasteiger charge is 2.15. The molecule has 18 heavy (non-hydrogen) atoms. The Kier molecular flexibility index (Phi) is 4.35. The Hall–Kier alpha value is -0.940. The molecule has 0 spiro atoms. The van der Waals surface area contributed by atoms with Gasteiger partial charge in [-0.25, -0.2) is 8.78 Å². The fourth-order valence-corrected chi connectivity index (χ4v) is 2.86. The largest absolute Gasteiger partial charge is 0.365 e. The van der Waals surface area contributed by atoms with Crippen molar-refractivity contribution < 1.29 is 8.78 Å². The van der Waals surface area contributed by atoms with Crippen LogP contribution in [-0.4, -0.2) is 7.05 Å². The van der Waals surface area contributed by atoms with Crippen molar-refractivity contribution in [2.75, 3.05) is 11.9 Å². The topological polar surface area (TPSA) is 3.24 Å². The van der Waals surface area contributed by atoms with E-state index in [0.29, 0.717) is 17.4 Å². The van der Waals surface area contributed by atoms with Gasteiger partial charge in [-0.2, -0.15) is 0 Å². The smallest absolute Gasteiger partial charge is 0.149 e. The number of alkyl halides is 1. The summed E-state index contributed by atoms with van der Waals surface area (Å²) in [5, 5.41) is 2.39. The van der Waals surface area contributed by atoms with E-state index in [4.69, 9.17) is 0 Å². The number of thiophene rings is 1. The van der Waals surface area contributed by atoms with Gasteiger partial charge in [-0.05, 0) is 29.1 Å². The van der Waals surface area contributed by atoms with Crippen molar-refractivity contribution in [1.82, 2.24) is 0 Å². The molecule has 1 nitrogen and oxygen atoms in total. The summed E-state index contributed by atoms with van der Waals surface area (Å²) in [6.45, 7) is 0.499. The van der Waals surface area contributed by atoms with Crippen LogP contribution in [0.2, 0.25) is 0 Å². The first-order valence-corrected chi connectivity index (χ1v) is 7.39. The highest BCUT2D eigenvalue weighted by Crippen LogP contribution is 2.26. The van der Waals surface area contributed by atoms with Gasteiger partial charge in [0, 0.05) is 17.3 Å². The zero-order valence-electron chi connectivity index (χ0n) is 9.79. The Balaban J connectivity index is 2.27. The van der Waals surface area contributed by atoms with E-state index in [-0.39, 0.29) is 5.69 Å².